The topological polar surface area (TPSA) is 81.8 Å². The minimum absolute atomic E-state index is 0.0459. The van der Waals surface area contributed by atoms with Crippen molar-refractivity contribution in [2.24, 2.45) is 5.92 Å². The van der Waals surface area contributed by atoms with Crippen LogP contribution in [0.25, 0.3) is 16.7 Å². The van der Waals surface area contributed by atoms with Crippen molar-refractivity contribution in [3.8, 4) is 5.69 Å². The average Bonchev–Trinajstić information content (AvgIpc) is 3.16. The third-order valence-electron chi connectivity index (χ3n) is 6.80. The molecule has 1 N–H and O–H groups in total. The van der Waals surface area contributed by atoms with E-state index in [-0.39, 0.29) is 22.7 Å². The Labute approximate surface area is 228 Å². The molecule has 0 saturated heterocycles. The number of rotatable bonds is 5. The second kappa shape index (κ2) is 10.5. The molecule has 0 unspecified atom stereocenters. The van der Waals surface area contributed by atoms with E-state index in [0.717, 1.165) is 23.3 Å². The molecule has 0 bridgehead atoms. The number of pyridine rings is 2. The van der Waals surface area contributed by atoms with Crippen LogP contribution in [0.1, 0.15) is 41.7 Å². The first kappa shape index (κ1) is 26.4. The van der Waals surface area contributed by atoms with Gasteiger partial charge in [-0.2, -0.15) is 13.2 Å². The smallest absolute Gasteiger partial charge is 0.349 e. The molecule has 1 fully saturated rings. The van der Waals surface area contributed by atoms with Gasteiger partial charge >= 0.3 is 11.9 Å². The highest BCUT2D eigenvalue weighted by Gasteiger charge is 2.38. The van der Waals surface area contributed by atoms with Gasteiger partial charge in [0, 0.05) is 18.8 Å². The standard InChI is InChI=1S/C26H22BrClF3N5O2/c27-22-10-9-18(13-32-22)36-21-4-2-1-3-20(21)35(25(36)38)14-15-5-7-17(8-6-15)34-24(37)19-11-16(28)12-33-23(19)26(29,30)31/h1-4,9-13,15,17H,5-8,14H2,(H,34,37)/t15-,17-. The van der Waals surface area contributed by atoms with Gasteiger partial charge in [-0.15, -0.1) is 0 Å². The molecule has 0 atom stereocenters. The van der Waals surface area contributed by atoms with Gasteiger partial charge in [0.2, 0.25) is 0 Å². The highest BCUT2D eigenvalue weighted by molar-refractivity contribution is 9.10. The molecule has 1 aliphatic carbocycles. The first-order chi connectivity index (χ1) is 18.1. The van der Waals surface area contributed by atoms with Crippen LogP contribution in [-0.4, -0.2) is 31.1 Å². The second-order valence-corrected chi connectivity index (χ2v) is 10.5. The van der Waals surface area contributed by atoms with E-state index in [1.807, 2.05) is 30.3 Å². The van der Waals surface area contributed by atoms with E-state index in [1.54, 1.807) is 21.4 Å². The van der Waals surface area contributed by atoms with Gasteiger partial charge in [0.05, 0.1) is 33.5 Å². The van der Waals surface area contributed by atoms with Crippen LogP contribution in [0.4, 0.5) is 13.2 Å². The molecule has 1 amide bonds. The van der Waals surface area contributed by atoms with E-state index in [9.17, 15) is 22.8 Å². The summed E-state index contributed by atoms with van der Waals surface area (Å²) in [7, 11) is 0. The number of aromatic nitrogens is 4. The summed E-state index contributed by atoms with van der Waals surface area (Å²) >= 11 is 9.12. The number of carbonyl (C=O) groups excluding carboxylic acids is 1. The number of benzene rings is 1. The number of nitrogens with one attached hydrogen (secondary N) is 1. The van der Waals surface area contributed by atoms with Crippen molar-refractivity contribution < 1.29 is 18.0 Å². The highest BCUT2D eigenvalue weighted by Crippen LogP contribution is 2.32. The van der Waals surface area contributed by atoms with Gasteiger partial charge < -0.3 is 5.32 Å². The Balaban J connectivity index is 1.30. The maximum Gasteiger partial charge on any atom is 0.434 e. The van der Waals surface area contributed by atoms with Crippen molar-refractivity contribution >= 4 is 44.5 Å². The first-order valence-corrected chi connectivity index (χ1v) is 13.1. The average molecular weight is 609 g/mol. The number of halogens is 5. The van der Waals surface area contributed by atoms with Gasteiger partial charge in [0.15, 0.2) is 5.69 Å². The monoisotopic (exact) mass is 607 g/mol. The normalized spacial score (nSPS) is 18.0. The zero-order valence-electron chi connectivity index (χ0n) is 19.9. The number of carbonyl (C=O) groups is 1. The fraction of sp³-hybridized carbons (Fsp3) is 0.308. The molecule has 3 aromatic heterocycles. The van der Waals surface area contributed by atoms with Gasteiger partial charge in [-0.05, 0) is 77.9 Å². The molecule has 38 heavy (non-hydrogen) atoms. The Morgan fingerprint density at radius 1 is 1.05 bits per heavy atom. The Bertz CT molecular complexity index is 1540. The summed E-state index contributed by atoms with van der Waals surface area (Å²) in [5.41, 5.74) is 0.230. The van der Waals surface area contributed by atoms with E-state index in [0.29, 0.717) is 42.5 Å². The Kier molecular flexibility index (Phi) is 7.32. The molecular formula is C26H22BrClF3N5O2. The summed E-state index contributed by atoms with van der Waals surface area (Å²) in [5, 5.41) is 2.66. The van der Waals surface area contributed by atoms with Crippen LogP contribution in [0.15, 0.2) is 64.3 Å². The number of para-hydroxylation sites is 2. The van der Waals surface area contributed by atoms with Crippen LogP contribution >= 0.6 is 27.5 Å². The van der Waals surface area contributed by atoms with Crippen molar-refractivity contribution in [3.63, 3.8) is 0 Å². The van der Waals surface area contributed by atoms with Gasteiger partial charge in [-0.1, -0.05) is 23.7 Å². The molecule has 0 spiro atoms. The number of hydrogen-bond donors (Lipinski definition) is 1. The SMILES string of the molecule is O=C(N[C@H]1CC[C@H](Cn2c(=O)n(-c3ccc(Br)nc3)c3ccccc32)CC1)c1cc(Cl)cnc1C(F)(F)F. The lowest BCUT2D eigenvalue weighted by atomic mass is 9.85. The molecule has 1 saturated carbocycles. The summed E-state index contributed by atoms with van der Waals surface area (Å²) < 4.78 is 44.0. The molecule has 7 nitrogen and oxygen atoms in total. The van der Waals surface area contributed by atoms with Crippen LogP contribution in [0.5, 0.6) is 0 Å². The van der Waals surface area contributed by atoms with Crippen LogP contribution < -0.4 is 11.0 Å². The Morgan fingerprint density at radius 2 is 1.76 bits per heavy atom. The van der Waals surface area contributed by atoms with Gasteiger partial charge in [0.1, 0.15) is 4.60 Å². The zero-order chi connectivity index (χ0) is 27.0. The molecule has 0 aliphatic heterocycles. The van der Waals surface area contributed by atoms with Crippen molar-refractivity contribution in [2.45, 2.75) is 44.4 Å². The summed E-state index contributed by atoms with van der Waals surface area (Å²) in [6.07, 6.45) is 0.306. The van der Waals surface area contributed by atoms with Gasteiger partial charge in [-0.25, -0.2) is 14.8 Å². The molecular weight excluding hydrogens is 587 g/mol. The maximum absolute atomic E-state index is 13.5. The summed E-state index contributed by atoms with van der Waals surface area (Å²) in [5.74, 6) is -0.681. The van der Waals surface area contributed by atoms with E-state index in [4.69, 9.17) is 11.6 Å². The molecule has 198 valence electrons. The lowest BCUT2D eigenvalue weighted by Crippen LogP contribution is -2.39. The van der Waals surface area contributed by atoms with E-state index in [2.05, 4.69) is 31.2 Å². The highest BCUT2D eigenvalue weighted by atomic mass is 79.9. The lowest BCUT2D eigenvalue weighted by Gasteiger charge is -2.29. The van der Waals surface area contributed by atoms with Crippen LogP contribution in [0, 0.1) is 5.92 Å². The number of fused-ring (bicyclic) bond motifs is 1. The number of amides is 1. The lowest BCUT2D eigenvalue weighted by molar-refractivity contribution is -0.141. The largest absolute Gasteiger partial charge is 0.434 e. The second-order valence-electron chi connectivity index (χ2n) is 9.29. The van der Waals surface area contributed by atoms with Crippen LogP contribution in [0.3, 0.4) is 0 Å². The van der Waals surface area contributed by atoms with Crippen LogP contribution in [-0.2, 0) is 12.7 Å². The van der Waals surface area contributed by atoms with Gasteiger partial charge in [0.25, 0.3) is 5.91 Å². The summed E-state index contributed by atoms with van der Waals surface area (Å²) in [6, 6.07) is 11.9. The fourth-order valence-corrected chi connectivity index (χ4v) is 5.38. The molecule has 1 aromatic carbocycles. The zero-order valence-corrected chi connectivity index (χ0v) is 22.2. The predicted molar refractivity (Wildman–Crippen MR) is 140 cm³/mol. The van der Waals surface area contributed by atoms with Crippen molar-refractivity contribution in [3.05, 3.63) is 86.2 Å². The molecule has 12 heteroatoms. The Hall–Kier alpha value is -3.18. The summed E-state index contributed by atoms with van der Waals surface area (Å²) in [4.78, 5) is 33.7. The number of hydrogen-bond acceptors (Lipinski definition) is 4. The minimum atomic E-state index is -4.77. The van der Waals surface area contributed by atoms with E-state index < -0.39 is 23.3 Å². The Morgan fingerprint density at radius 3 is 2.42 bits per heavy atom. The van der Waals surface area contributed by atoms with Crippen molar-refractivity contribution in [2.75, 3.05) is 0 Å². The van der Waals surface area contributed by atoms with Crippen molar-refractivity contribution in [1.29, 1.82) is 0 Å². The quantitative estimate of drug-likeness (QED) is 0.282. The van der Waals surface area contributed by atoms with E-state index in [1.165, 1.54) is 0 Å². The minimum Gasteiger partial charge on any atom is -0.349 e. The predicted octanol–water partition coefficient (Wildman–Crippen LogP) is 6.01. The number of imidazole rings is 1. The number of nitrogens with zero attached hydrogens (tertiary/aromatic N) is 4. The van der Waals surface area contributed by atoms with Gasteiger partial charge in [-0.3, -0.25) is 13.9 Å². The molecule has 3 heterocycles. The molecule has 0 radical (unpaired) electrons. The number of alkyl halides is 3. The molecule has 1 aliphatic rings. The summed E-state index contributed by atoms with van der Waals surface area (Å²) in [6.45, 7) is 0.493. The van der Waals surface area contributed by atoms with Crippen molar-refractivity contribution in [1.82, 2.24) is 24.4 Å². The molecule has 5 rings (SSSR count). The van der Waals surface area contributed by atoms with E-state index >= 15 is 0 Å². The third-order valence-corrected chi connectivity index (χ3v) is 7.47. The third kappa shape index (κ3) is 5.35. The first-order valence-electron chi connectivity index (χ1n) is 12.0. The maximum atomic E-state index is 13.5. The van der Waals surface area contributed by atoms with Crippen LogP contribution in [0.2, 0.25) is 5.02 Å². The molecule has 4 aromatic rings. The fourth-order valence-electron chi connectivity index (χ4n) is 4.98.